The Morgan fingerprint density at radius 2 is 1.64 bits per heavy atom. The van der Waals surface area contributed by atoms with Gasteiger partial charge in [0.1, 0.15) is 5.75 Å². The summed E-state index contributed by atoms with van der Waals surface area (Å²) in [5.74, 6) is 0.356. The molecule has 0 unspecified atom stereocenters. The van der Waals surface area contributed by atoms with Crippen molar-refractivity contribution in [3.63, 3.8) is 0 Å². The van der Waals surface area contributed by atoms with E-state index in [0.29, 0.717) is 22.8 Å². The van der Waals surface area contributed by atoms with Crippen LogP contribution in [0.25, 0.3) is 0 Å². The van der Waals surface area contributed by atoms with Crippen LogP contribution >= 0.6 is 0 Å². The molecule has 0 aliphatic heterocycles. The van der Waals surface area contributed by atoms with Gasteiger partial charge in [0.15, 0.2) is 11.5 Å². The summed E-state index contributed by atoms with van der Waals surface area (Å²) in [5, 5.41) is 9.35. The molecule has 2 rings (SSSR count). The summed E-state index contributed by atoms with van der Waals surface area (Å²) in [6, 6.07) is 7.04. The largest absolute Gasteiger partial charge is 0.493 e. The number of rotatable bonds is 8. The number of carbonyl (C=O) groups is 1. The van der Waals surface area contributed by atoms with Gasteiger partial charge in [0.2, 0.25) is 15.8 Å². The lowest BCUT2D eigenvalue weighted by Crippen LogP contribution is -2.14. The number of carbonyl (C=O) groups excluding carboxylic acids is 1. The average Bonchev–Trinajstić information content (AvgIpc) is 2.65. The third-order valence-electron chi connectivity index (χ3n) is 3.66. The summed E-state index contributed by atoms with van der Waals surface area (Å²) < 4.78 is 46.2. The Bertz CT molecular complexity index is 947. The van der Waals surface area contributed by atoms with Crippen molar-refractivity contribution in [1.82, 2.24) is 0 Å². The number of esters is 1. The second kappa shape index (κ2) is 8.81. The number of sulfonamides is 1. The highest BCUT2D eigenvalue weighted by molar-refractivity contribution is 7.92. The van der Waals surface area contributed by atoms with Crippen LogP contribution < -0.4 is 23.7 Å². The zero-order chi connectivity index (χ0) is 20.9. The lowest BCUT2D eigenvalue weighted by atomic mass is 10.1. The van der Waals surface area contributed by atoms with E-state index in [9.17, 15) is 18.3 Å². The highest BCUT2D eigenvalue weighted by Crippen LogP contribution is 2.41. The number of methoxy groups -OCH3 is 3. The summed E-state index contributed by atoms with van der Waals surface area (Å²) in [5.41, 5.74) is 0.483. The van der Waals surface area contributed by atoms with Gasteiger partial charge in [-0.3, -0.25) is 4.72 Å². The molecule has 0 bridgehead atoms. The predicted molar refractivity (Wildman–Crippen MR) is 102 cm³/mol. The van der Waals surface area contributed by atoms with Crippen LogP contribution in [0.1, 0.15) is 15.9 Å². The second-order valence-corrected chi connectivity index (χ2v) is 7.40. The molecule has 0 aromatic heterocycles. The zero-order valence-electron chi connectivity index (χ0n) is 15.8. The van der Waals surface area contributed by atoms with Gasteiger partial charge in [-0.15, -0.1) is 0 Å². The molecule has 0 atom stereocenters. The van der Waals surface area contributed by atoms with E-state index in [2.05, 4.69) is 4.72 Å². The number of benzene rings is 2. The Labute approximate surface area is 162 Å². The van der Waals surface area contributed by atoms with Crippen LogP contribution in [0.4, 0.5) is 5.69 Å². The van der Waals surface area contributed by atoms with Gasteiger partial charge in [0, 0.05) is 17.7 Å². The molecule has 10 heteroatoms. The van der Waals surface area contributed by atoms with E-state index in [1.165, 1.54) is 51.7 Å². The van der Waals surface area contributed by atoms with E-state index in [0.717, 1.165) is 6.26 Å². The highest BCUT2D eigenvalue weighted by Gasteiger charge is 2.18. The van der Waals surface area contributed by atoms with Gasteiger partial charge in [-0.2, -0.15) is 0 Å². The molecule has 152 valence electrons. The Morgan fingerprint density at radius 1 is 1.04 bits per heavy atom. The topological polar surface area (TPSA) is 120 Å². The summed E-state index contributed by atoms with van der Waals surface area (Å²) in [6.45, 7) is -0.403. The fourth-order valence-electron chi connectivity index (χ4n) is 2.42. The lowest BCUT2D eigenvalue weighted by molar-refractivity contribution is 0.0734. The second-order valence-electron chi connectivity index (χ2n) is 5.65. The van der Waals surface area contributed by atoms with E-state index in [4.69, 9.17) is 18.9 Å². The molecule has 2 aromatic rings. The molecule has 28 heavy (non-hydrogen) atoms. The molecular formula is C18H21NO8S. The van der Waals surface area contributed by atoms with Gasteiger partial charge in [-0.25, -0.2) is 13.2 Å². The molecule has 0 saturated heterocycles. The number of anilines is 1. The lowest BCUT2D eigenvalue weighted by Gasteiger charge is -2.14. The molecule has 2 N–H and O–H groups in total. The van der Waals surface area contributed by atoms with Gasteiger partial charge in [-0.05, 0) is 12.1 Å². The highest BCUT2D eigenvalue weighted by atomic mass is 32.2. The Balaban J connectivity index is 2.36. The molecule has 0 saturated carbocycles. The summed E-state index contributed by atoms with van der Waals surface area (Å²) in [7, 11) is 0.713. The van der Waals surface area contributed by atoms with Crippen molar-refractivity contribution >= 4 is 21.7 Å². The number of hydrogen-bond acceptors (Lipinski definition) is 8. The smallest absolute Gasteiger partial charge is 0.343 e. The zero-order valence-corrected chi connectivity index (χ0v) is 16.6. The third-order valence-corrected chi connectivity index (χ3v) is 4.25. The van der Waals surface area contributed by atoms with Gasteiger partial charge < -0.3 is 24.1 Å². The van der Waals surface area contributed by atoms with E-state index < -0.39 is 22.6 Å². The van der Waals surface area contributed by atoms with Crippen molar-refractivity contribution in [1.29, 1.82) is 0 Å². The van der Waals surface area contributed by atoms with Crippen LogP contribution in [0.2, 0.25) is 0 Å². The number of hydrogen-bond donors (Lipinski definition) is 2. The molecule has 0 aliphatic rings. The van der Waals surface area contributed by atoms with E-state index >= 15 is 0 Å². The molecule has 9 nitrogen and oxygen atoms in total. The monoisotopic (exact) mass is 411 g/mol. The van der Waals surface area contributed by atoms with Crippen molar-refractivity contribution in [2.75, 3.05) is 32.3 Å². The molecule has 2 aromatic carbocycles. The standard InChI is InChI=1S/C18H21NO8S/c1-24-15-8-13(9-16(25-2)17(15)26-3)27-18(21)11-5-6-12(10-20)14(7-11)19-28(4,22)23/h5-9,19-20H,10H2,1-4H3. The van der Waals surface area contributed by atoms with E-state index in [1.807, 2.05) is 0 Å². The van der Waals surface area contributed by atoms with Crippen molar-refractivity contribution in [3.8, 4) is 23.0 Å². The normalized spacial score (nSPS) is 10.9. The maximum Gasteiger partial charge on any atom is 0.343 e. The summed E-state index contributed by atoms with van der Waals surface area (Å²) in [6.07, 6.45) is 0.967. The van der Waals surface area contributed by atoms with Crippen LogP contribution in [0.3, 0.4) is 0 Å². The van der Waals surface area contributed by atoms with Crippen LogP contribution in [0.5, 0.6) is 23.0 Å². The Morgan fingerprint density at radius 3 is 2.11 bits per heavy atom. The van der Waals surface area contributed by atoms with Crippen molar-refractivity contribution in [2.24, 2.45) is 0 Å². The minimum Gasteiger partial charge on any atom is -0.493 e. The van der Waals surface area contributed by atoms with Crippen molar-refractivity contribution in [3.05, 3.63) is 41.5 Å². The average molecular weight is 411 g/mol. The van der Waals surface area contributed by atoms with Gasteiger partial charge in [-0.1, -0.05) is 6.07 Å². The van der Waals surface area contributed by atoms with Crippen molar-refractivity contribution in [2.45, 2.75) is 6.61 Å². The fourth-order valence-corrected chi connectivity index (χ4v) is 3.01. The van der Waals surface area contributed by atoms with Gasteiger partial charge in [0.25, 0.3) is 0 Å². The molecule has 0 amide bonds. The van der Waals surface area contributed by atoms with E-state index in [-0.39, 0.29) is 17.0 Å². The minimum atomic E-state index is -3.60. The maximum absolute atomic E-state index is 12.5. The summed E-state index contributed by atoms with van der Waals surface area (Å²) in [4.78, 5) is 12.5. The molecular weight excluding hydrogens is 390 g/mol. The van der Waals surface area contributed by atoms with Gasteiger partial charge >= 0.3 is 5.97 Å². The molecule has 0 heterocycles. The molecule has 0 spiro atoms. The number of ether oxygens (including phenoxy) is 4. The Kier molecular flexibility index (Phi) is 6.71. The summed E-state index contributed by atoms with van der Waals surface area (Å²) >= 11 is 0. The molecule has 0 radical (unpaired) electrons. The Hall–Kier alpha value is -2.98. The predicted octanol–water partition coefficient (Wildman–Crippen LogP) is 1.80. The SMILES string of the molecule is COc1cc(OC(=O)c2ccc(CO)c(NS(C)(=O)=O)c2)cc(OC)c1OC. The first-order valence-corrected chi connectivity index (χ1v) is 9.85. The first-order chi connectivity index (χ1) is 13.2. The van der Waals surface area contributed by atoms with Crippen molar-refractivity contribution < 1.29 is 37.3 Å². The van der Waals surface area contributed by atoms with E-state index in [1.54, 1.807) is 0 Å². The number of nitrogens with one attached hydrogen (secondary N) is 1. The third kappa shape index (κ3) is 5.05. The first-order valence-electron chi connectivity index (χ1n) is 7.96. The van der Waals surface area contributed by atoms with Crippen LogP contribution in [-0.2, 0) is 16.6 Å². The molecule has 0 fully saturated rings. The fraction of sp³-hybridized carbons (Fsp3) is 0.278. The number of aliphatic hydroxyl groups excluding tert-OH is 1. The minimum absolute atomic E-state index is 0.0806. The first kappa shape index (κ1) is 21.3. The molecule has 0 aliphatic carbocycles. The van der Waals surface area contributed by atoms with Gasteiger partial charge in [0.05, 0.1) is 45.4 Å². The quantitative estimate of drug-likeness (QED) is 0.498. The number of aliphatic hydroxyl groups is 1. The van der Waals surface area contributed by atoms with Crippen LogP contribution in [-0.4, -0.2) is 47.1 Å². The van der Waals surface area contributed by atoms with Crippen LogP contribution in [0.15, 0.2) is 30.3 Å². The maximum atomic E-state index is 12.5. The van der Waals surface area contributed by atoms with Crippen LogP contribution in [0, 0.1) is 0 Å².